The van der Waals surface area contributed by atoms with Crippen LogP contribution in [0.2, 0.25) is 0 Å². The summed E-state index contributed by atoms with van der Waals surface area (Å²) >= 11 is 0. The quantitative estimate of drug-likeness (QED) is 0.685. The zero-order valence-electron chi connectivity index (χ0n) is 15.9. The molecule has 2 aromatic rings. The summed E-state index contributed by atoms with van der Waals surface area (Å²) in [5.74, 6) is 1.88. The van der Waals surface area contributed by atoms with Crippen molar-refractivity contribution >= 4 is 0 Å². The Morgan fingerprint density at radius 3 is 2.16 bits per heavy atom. The predicted molar refractivity (Wildman–Crippen MR) is 102 cm³/mol. The highest BCUT2D eigenvalue weighted by molar-refractivity contribution is 5.43. The molecule has 0 aromatic heterocycles. The van der Waals surface area contributed by atoms with E-state index in [1.165, 1.54) is 11.1 Å². The molecule has 2 rings (SSSR count). The van der Waals surface area contributed by atoms with Gasteiger partial charge < -0.3 is 14.2 Å². The van der Waals surface area contributed by atoms with E-state index in [-0.39, 0.29) is 6.04 Å². The third-order valence-electron chi connectivity index (χ3n) is 4.58. The molecule has 136 valence electrons. The third kappa shape index (κ3) is 4.97. The molecule has 0 saturated carbocycles. The number of benzene rings is 2. The topological polar surface area (TPSA) is 30.9 Å². The lowest BCUT2D eigenvalue weighted by Crippen LogP contribution is -2.31. The number of rotatable bonds is 9. The summed E-state index contributed by atoms with van der Waals surface area (Å²) < 4.78 is 16.2. The predicted octanol–water partition coefficient (Wildman–Crippen LogP) is 4.13. The minimum Gasteiger partial charge on any atom is -0.493 e. The lowest BCUT2D eigenvalue weighted by molar-refractivity contribution is 0.103. The SMILES string of the molecule is COC[C@@H](c1ccccc1)N(C)C[C@@H](C)c1ccc(OC)c(OC)c1. The summed E-state index contributed by atoms with van der Waals surface area (Å²) in [6.07, 6.45) is 0. The first-order valence-electron chi connectivity index (χ1n) is 8.56. The normalized spacial score (nSPS) is 13.5. The molecule has 25 heavy (non-hydrogen) atoms. The highest BCUT2D eigenvalue weighted by atomic mass is 16.5. The molecular weight excluding hydrogens is 314 g/mol. The van der Waals surface area contributed by atoms with E-state index in [1.807, 2.05) is 12.1 Å². The summed E-state index contributed by atoms with van der Waals surface area (Å²) in [6.45, 7) is 3.81. The smallest absolute Gasteiger partial charge is 0.160 e. The van der Waals surface area contributed by atoms with Gasteiger partial charge in [-0.3, -0.25) is 4.90 Å². The Hall–Kier alpha value is -2.04. The van der Waals surface area contributed by atoms with Gasteiger partial charge in [0.05, 0.1) is 26.9 Å². The molecule has 0 radical (unpaired) electrons. The third-order valence-corrected chi connectivity index (χ3v) is 4.58. The second kappa shape index (κ2) is 9.44. The minimum atomic E-state index is 0.230. The molecule has 2 atom stereocenters. The molecule has 0 amide bonds. The summed E-state index contributed by atoms with van der Waals surface area (Å²) in [6, 6.07) is 16.9. The molecule has 0 fully saturated rings. The van der Waals surface area contributed by atoms with Crippen molar-refractivity contribution in [2.24, 2.45) is 0 Å². The molecule has 0 spiro atoms. The van der Waals surface area contributed by atoms with E-state index >= 15 is 0 Å². The monoisotopic (exact) mass is 343 g/mol. The van der Waals surface area contributed by atoms with Gasteiger partial charge in [0.25, 0.3) is 0 Å². The van der Waals surface area contributed by atoms with Crippen LogP contribution in [0.1, 0.15) is 30.0 Å². The van der Waals surface area contributed by atoms with Crippen molar-refractivity contribution in [1.29, 1.82) is 0 Å². The van der Waals surface area contributed by atoms with Crippen LogP contribution in [0.15, 0.2) is 48.5 Å². The van der Waals surface area contributed by atoms with Crippen molar-refractivity contribution < 1.29 is 14.2 Å². The zero-order valence-corrected chi connectivity index (χ0v) is 15.9. The minimum absolute atomic E-state index is 0.230. The van der Waals surface area contributed by atoms with Gasteiger partial charge in [0.2, 0.25) is 0 Å². The van der Waals surface area contributed by atoms with E-state index in [4.69, 9.17) is 14.2 Å². The van der Waals surface area contributed by atoms with Crippen LogP contribution < -0.4 is 9.47 Å². The maximum Gasteiger partial charge on any atom is 0.160 e. The van der Waals surface area contributed by atoms with Crippen molar-refractivity contribution in [1.82, 2.24) is 4.90 Å². The van der Waals surface area contributed by atoms with E-state index < -0.39 is 0 Å². The Kier molecular flexibility index (Phi) is 7.29. The van der Waals surface area contributed by atoms with E-state index in [9.17, 15) is 0 Å². The fourth-order valence-corrected chi connectivity index (χ4v) is 3.13. The van der Waals surface area contributed by atoms with Gasteiger partial charge in [0, 0.05) is 13.7 Å². The molecule has 0 unspecified atom stereocenters. The van der Waals surface area contributed by atoms with Crippen molar-refractivity contribution in [2.45, 2.75) is 18.9 Å². The molecule has 2 aromatic carbocycles. The highest BCUT2D eigenvalue weighted by Crippen LogP contribution is 2.31. The van der Waals surface area contributed by atoms with Gasteiger partial charge in [0.1, 0.15) is 0 Å². The lowest BCUT2D eigenvalue weighted by atomic mass is 9.98. The first-order chi connectivity index (χ1) is 12.1. The summed E-state index contributed by atoms with van der Waals surface area (Å²) in [5.41, 5.74) is 2.50. The van der Waals surface area contributed by atoms with Crippen molar-refractivity contribution in [2.75, 3.05) is 41.5 Å². The van der Waals surface area contributed by atoms with E-state index in [1.54, 1.807) is 21.3 Å². The van der Waals surface area contributed by atoms with Crippen molar-refractivity contribution in [3.63, 3.8) is 0 Å². The fraction of sp³-hybridized carbons (Fsp3) is 0.429. The van der Waals surface area contributed by atoms with Gasteiger partial charge in [-0.05, 0) is 36.2 Å². The molecule has 4 nitrogen and oxygen atoms in total. The molecule has 0 N–H and O–H groups in total. The van der Waals surface area contributed by atoms with Gasteiger partial charge in [-0.15, -0.1) is 0 Å². The lowest BCUT2D eigenvalue weighted by Gasteiger charge is -2.30. The number of methoxy groups -OCH3 is 3. The molecule has 0 bridgehead atoms. The van der Waals surface area contributed by atoms with Crippen LogP contribution in [0, 0.1) is 0 Å². The van der Waals surface area contributed by atoms with Gasteiger partial charge in [-0.25, -0.2) is 0 Å². The second-order valence-electron chi connectivity index (χ2n) is 6.34. The van der Waals surface area contributed by atoms with Gasteiger partial charge in [0.15, 0.2) is 11.5 Å². The molecule has 0 heterocycles. The molecule has 4 heteroatoms. The van der Waals surface area contributed by atoms with Gasteiger partial charge in [-0.1, -0.05) is 43.3 Å². The summed E-state index contributed by atoms with van der Waals surface area (Å²) in [5, 5.41) is 0. The van der Waals surface area contributed by atoms with Crippen LogP contribution in [0.3, 0.4) is 0 Å². The molecule has 0 saturated heterocycles. The van der Waals surface area contributed by atoms with E-state index in [2.05, 4.69) is 55.3 Å². The Balaban J connectivity index is 2.13. The first kappa shape index (κ1) is 19.3. The van der Waals surface area contributed by atoms with Crippen LogP contribution in [0.5, 0.6) is 11.5 Å². The van der Waals surface area contributed by atoms with Crippen LogP contribution in [-0.4, -0.2) is 46.4 Å². The van der Waals surface area contributed by atoms with E-state index in [0.29, 0.717) is 12.5 Å². The Labute approximate surface area is 151 Å². The van der Waals surface area contributed by atoms with Crippen LogP contribution >= 0.6 is 0 Å². The van der Waals surface area contributed by atoms with Crippen LogP contribution in [0.25, 0.3) is 0 Å². The Morgan fingerprint density at radius 1 is 0.880 bits per heavy atom. The maximum atomic E-state index is 5.46. The molecular formula is C21H29NO3. The van der Waals surface area contributed by atoms with Gasteiger partial charge in [-0.2, -0.15) is 0 Å². The Bertz CT molecular complexity index is 645. The number of ether oxygens (including phenoxy) is 3. The Morgan fingerprint density at radius 2 is 1.56 bits per heavy atom. The number of likely N-dealkylation sites (N-methyl/N-ethyl adjacent to an activating group) is 1. The molecule has 0 aliphatic heterocycles. The number of hydrogen-bond acceptors (Lipinski definition) is 4. The fourth-order valence-electron chi connectivity index (χ4n) is 3.13. The second-order valence-corrected chi connectivity index (χ2v) is 6.34. The summed E-state index contributed by atoms with van der Waals surface area (Å²) in [4.78, 5) is 2.35. The number of hydrogen-bond donors (Lipinski definition) is 0. The van der Waals surface area contributed by atoms with Crippen LogP contribution in [0.4, 0.5) is 0 Å². The highest BCUT2D eigenvalue weighted by Gasteiger charge is 2.20. The standard InChI is InChI=1S/C21H29NO3/c1-16(18-11-12-20(24-4)21(13-18)25-5)14-22(2)19(15-23-3)17-9-7-6-8-10-17/h6-13,16,19H,14-15H2,1-5H3/t16-,19+/m1/s1. The molecule has 0 aliphatic rings. The maximum absolute atomic E-state index is 5.46. The number of nitrogens with zero attached hydrogens (tertiary/aromatic N) is 1. The molecule has 0 aliphatic carbocycles. The van der Waals surface area contributed by atoms with Crippen molar-refractivity contribution in [3.8, 4) is 11.5 Å². The average Bonchev–Trinajstić information content (AvgIpc) is 2.65. The van der Waals surface area contributed by atoms with Crippen molar-refractivity contribution in [3.05, 3.63) is 59.7 Å². The summed E-state index contributed by atoms with van der Waals surface area (Å²) in [7, 11) is 7.22. The van der Waals surface area contributed by atoms with Gasteiger partial charge >= 0.3 is 0 Å². The largest absolute Gasteiger partial charge is 0.493 e. The first-order valence-corrected chi connectivity index (χ1v) is 8.56. The average molecular weight is 343 g/mol. The zero-order chi connectivity index (χ0) is 18.2. The van der Waals surface area contributed by atoms with E-state index in [0.717, 1.165) is 18.0 Å². The van der Waals surface area contributed by atoms with Crippen LogP contribution in [-0.2, 0) is 4.74 Å².